The van der Waals surface area contributed by atoms with Gasteiger partial charge in [-0.05, 0) is 67.6 Å². The summed E-state index contributed by atoms with van der Waals surface area (Å²) in [5, 5.41) is 6.09. The summed E-state index contributed by atoms with van der Waals surface area (Å²) in [5.74, 6) is -2.20. The lowest BCUT2D eigenvalue weighted by molar-refractivity contribution is -0.125. The highest BCUT2D eigenvalue weighted by Gasteiger charge is 2.49. The highest BCUT2D eigenvalue weighted by atomic mass is 19.2. The van der Waals surface area contributed by atoms with Gasteiger partial charge in [-0.3, -0.25) is 14.5 Å². The van der Waals surface area contributed by atoms with Crippen molar-refractivity contribution in [1.29, 1.82) is 0 Å². The number of amides is 2. The van der Waals surface area contributed by atoms with E-state index in [1.807, 2.05) is 29.2 Å². The number of likely N-dealkylation sites (tertiary alicyclic amines) is 1. The second-order valence-electron chi connectivity index (χ2n) is 9.74. The third-order valence-electron chi connectivity index (χ3n) is 7.36. The van der Waals surface area contributed by atoms with Crippen LogP contribution in [-0.2, 0) is 9.59 Å². The first-order valence-corrected chi connectivity index (χ1v) is 12.1. The smallest absolute Gasteiger partial charge is 0.238 e. The van der Waals surface area contributed by atoms with Crippen molar-refractivity contribution in [2.45, 2.75) is 43.6 Å². The topological polar surface area (TPSA) is 64.7 Å². The fourth-order valence-corrected chi connectivity index (χ4v) is 5.76. The maximum Gasteiger partial charge on any atom is 0.238 e. The molecule has 2 amide bonds. The minimum absolute atomic E-state index is 0.0387. The number of carbonyl (C=O) groups excluding carboxylic acids is 2. The average molecular weight is 469 g/mol. The van der Waals surface area contributed by atoms with Crippen molar-refractivity contribution in [3.8, 4) is 0 Å². The van der Waals surface area contributed by atoms with Crippen molar-refractivity contribution < 1.29 is 18.4 Å². The maximum atomic E-state index is 14.0. The van der Waals surface area contributed by atoms with Gasteiger partial charge in [0.25, 0.3) is 0 Å². The molecule has 2 aromatic rings. The lowest BCUT2D eigenvalue weighted by atomic mass is 9.76. The number of anilines is 2. The van der Waals surface area contributed by atoms with Gasteiger partial charge in [-0.15, -0.1) is 0 Å². The Labute approximate surface area is 198 Å². The molecule has 3 fully saturated rings. The Hall–Kier alpha value is -3.00. The molecular formula is C26H30F2N4O2. The number of halogens is 2. The van der Waals surface area contributed by atoms with E-state index >= 15 is 0 Å². The predicted molar refractivity (Wildman–Crippen MR) is 127 cm³/mol. The van der Waals surface area contributed by atoms with E-state index in [9.17, 15) is 18.4 Å². The lowest BCUT2D eigenvalue weighted by Crippen LogP contribution is -2.56. The Morgan fingerprint density at radius 2 is 1.82 bits per heavy atom. The van der Waals surface area contributed by atoms with Crippen LogP contribution in [0.2, 0.25) is 0 Å². The normalized spacial score (nSPS) is 25.1. The molecule has 5 rings (SSSR count). The summed E-state index contributed by atoms with van der Waals surface area (Å²) in [4.78, 5) is 29.4. The number of carbonyl (C=O) groups is 2. The standard InChI is InChI=1S/C26H30F2N4O2/c27-22-10-5-18(14-23(22)28)21-15-31(17-26(21)11-3-4-24(33)30-26)16-25(34)29-19-6-8-20(9-7-19)32-12-1-2-13-32/h5-10,14,21H,1-4,11-13,15-17H2,(H,29,34)(H,30,33)/t21-,26+/m0/s1. The van der Waals surface area contributed by atoms with E-state index in [4.69, 9.17) is 0 Å². The van der Waals surface area contributed by atoms with Crippen molar-refractivity contribution >= 4 is 23.2 Å². The Bertz CT molecular complexity index is 1070. The average Bonchev–Trinajstić information content (AvgIpc) is 3.45. The minimum atomic E-state index is -0.900. The van der Waals surface area contributed by atoms with Crippen LogP contribution in [0.3, 0.4) is 0 Å². The predicted octanol–water partition coefficient (Wildman–Crippen LogP) is 3.64. The van der Waals surface area contributed by atoms with Crippen molar-refractivity contribution in [2.75, 3.05) is 42.9 Å². The van der Waals surface area contributed by atoms with Gasteiger partial charge in [0.1, 0.15) is 0 Å². The van der Waals surface area contributed by atoms with Gasteiger partial charge in [-0.2, -0.15) is 0 Å². The number of nitrogens with one attached hydrogen (secondary N) is 2. The zero-order valence-corrected chi connectivity index (χ0v) is 19.2. The van der Waals surface area contributed by atoms with E-state index in [0.717, 1.165) is 37.7 Å². The van der Waals surface area contributed by atoms with Gasteiger partial charge >= 0.3 is 0 Å². The van der Waals surface area contributed by atoms with Crippen LogP contribution >= 0.6 is 0 Å². The van der Waals surface area contributed by atoms with Crippen LogP contribution in [0.15, 0.2) is 42.5 Å². The Kier molecular flexibility index (Phi) is 6.25. The molecule has 180 valence electrons. The van der Waals surface area contributed by atoms with Gasteiger partial charge in [0.2, 0.25) is 11.8 Å². The fourth-order valence-electron chi connectivity index (χ4n) is 5.76. The summed E-state index contributed by atoms with van der Waals surface area (Å²) in [7, 11) is 0. The van der Waals surface area contributed by atoms with Crippen molar-refractivity contribution in [2.24, 2.45) is 0 Å². The molecule has 3 saturated heterocycles. The van der Waals surface area contributed by atoms with Crippen LogP contribution in [0.1, 0.15) is 43.6 Å². The molecule has 0 saturated carbocycles. The first-order valence-electron chi connectivity index (χ1n) is 12.1. The van der Waals surface area contributed by atoms with E-state index in [1.54, 1.807) is 6.07 Å². The number of rotatable bonds is 5. The van der Waals surface area contributed by atoms with E-state index in [2.05, 4.69) is 15.5 Å². The fraction of sp³-hybridized carbons (Fsp3) is 0.462. The van der Waals surface area contributed by atoms with E-state index in [0.29, 0.717) is 25.1 Å². The number of hydrogen-bond donors (Lipinski definition) is 2. The SMILES string of the molecule is O=C(CN1C[C@@H](c2ccc(F)c(F)c2)[C@@]2(CCCC(=O)N2)C1)Nc1ccc(N2CCCC2)cc1. The highest BCUT2D eigenvalue weighted by Crippen LogP contribution is 2.41. The molecule has 8 heteroatoms. The summed E-state index contributed by atoms with van der Waals surface area (Å²) >= 11 is 0. The zero-order chi connectivity index (χ0) is 23.7. The molecule has 0 radical (unpaired) electrons. The van der Waals surface area contributed by atoms with E-state index in [1.165, 1.54) is 24.6 Å². The molecule has 1 spiro atoms. The molecule has 0 aliphatic carbocycles. The second kappa shape index (κ2) is 9.33. The molecule has 6 nitrogen and oxygen atoms in total. The molecule has 3 heterocycles. The first kappa shape index (κ1) is 22.8. The van der Waals surface area contributed by atoms with Crippen LogP contribution < -0.4 is 15.5 Å². The highest BCUT2D eigenvalue weighted by molar-refractivity contribution is 5.92. The lowest BCUT2D eigenvalue weighted by Gasteiger charge is -2.39. The zero-order valence-electron chi connectivity index (χ0n) is 19.2. The first-order chi connectivity index (χ1) is 16.4. The molecule has 0 aromatic heterocycles. The Balaban J connectivity index is 1.27. The monoisotopic (exact) mass is 468 g/mol. The number of benzene rings is 2. The van der Waals surface area contributed by atoms with E-state index < -0.39 is 17.2 Å². The number of piperidine rings is 1. The van der Waals surface area contributed by atoms with Crippen molar-refractivity contribution in [3.05, 3.63) is 59.7 Å². The third kappa shape index (κ3) is 4.64. The van der Waals surface area contributed by atoms with Gasteiger partial charge in [0, 0.05) is 49.9 Å². The molecule has 3 aliphatic rings. The summed E-state index contributed by atoms with van der Waals surface area (Å²) in [5.41, 5.74) is 1.96. The largest absolute Gasteiger partial charge is 0.372 e. The van der Waals surface area contributed by atoms with E-state index in [-0.39, 0.29) is 24.3 Å². The van der Waals surface area contributed by atoms with Crippen LogP contribution in [0, 0.1) is 11.6 Å². The van der Waals surface area contributed by atoms with Crippen molar-refractivity contribution in [1.82, 2.24) is 10.2 Å². The van der Waals surface area contributed by atoms with Crippen LogP contribution in [0.5, 0.6) is 0 Å². The summed E-state index contributed by atoms with van der Waals surface area (Å²) in [6.07, 6.45) is 4.34. The number of hydrogen-bond acceptors (Lipinski definition) is 4. The van der Waals surface area contributed by atoms with Gasteiger partial charge in [0.05, 0.1) is 12.1 Å². The molecule has 0 unspecified atom stereocenters. The second-order valence-corrected chi connectivity index (χ2v) is 9.74. The Morgan fingerprint density at radius 1 is 1.06 bits per heavy atom. The molecule has 34 heavy (non-hydrogen) atoms. The van der Waals surface area contributed by atoms with Crippen LogP contribution in [0.4, 0.5) is 20.2 Å². The maximum absolute atomic E-state index is 14.0. The van der Waals surface area contributed by atoms with Gasteiger partial charge in [-0.25, -0.2) is 8.78 Å². The van der Waals surface area contributed by atoms with Crippen LogP contribution in [0.25, 0.3) is 0 Å². The number of nitrogens with zero attached hydrogens (tertiary/aromatic N) is 2. The van der Waals surface area contributed by atoms with Gasteiger partial charge in [0.15, 0.2) is 11.6 Å². The van der Waals surface area contributed by atoms with Crippen LogP contribution in [-0.4, -0.2) is 55.0 Å². The summed E-state index contributed by atoms with van der Waals surface area (Å²) in [6.45, 7) is 3.26. The van der Waals surface area contributed by atoms with Gasteiger partial charge < -0.3 is 15.5 Å². The minimum Gasteiger partial charge on any atom is -0.372 e. The van der Waals surface area contributed by atoms with Gasteiger partial charge in [-0.1, -0.05) is 6.07 Å². The quantitative estimate of drug-likeness (QED) is 0.703. The molecule has 3 aliphatic heterocycles. The summed E-state index contributed by atoms with van der Waals surface area (Å²) < 4.78 is 27.5. The molecule has 0 bridgehead atoms. The van der Waals surface area contributed by atoms with Crippen molar-refractivity contribution in [3.63, 3.8) is 0 Å². The summed E-state index contributed by atoms with van der Waals surface area (Å²) in [6, 6.07) is 11.8. The Morgan fingerprint density at radius 3 is 2.53 bits per heavy atom. The third-order valence-corrected chi connectivity index (χ3v) is 7.36. The molecule has 2 atom stereocenters. The molecular weight excluding hydrogens is 438 g/mol. The molecule has 2 N–H and O–H groups in total. The molecule has 2 aromatic carbocycles.